The van der Waals surface area contributed by atoms with Crippen LogP contribution in [0.1, 0.15) is 0 Å². The molecule has 35 atom stereocenters. The molecule has 0 aliphatic carbocycles. The minimum absolute atomic E-state index is 0.234. The third-order valence-electron chi connectivity index (χ3n) is 19.1. The van der Waals surface area contributed by atoms with E-state index in [0.29, 0.717) is 0 Å². The van der Waals surface area contributed by atoms with Crippen molar-refractivity contribution >= 4 is 90.9 Å². The van der Waals surface area contributed by atoms with Crippen molar-refractivity contribution in [1.82, 2.24) is 0 Å². The molecule has 0 spiro atoms. The summed E-state index contributed by atoms with van der Waals surface area (Å²) in [4.78, 5) is 0. The molecular weight excluding hydrogens is 1880 g/mol. The third-order valence-corrected chi connectivity index (χ3v) is 22.5. The van der Waals surface area contributed by atoms with Crippen molar-refractivity contribution in [2.75, 3.05) is 139 Å². The first-order valence-corrected chi connectivity index (χ1v) is 43.1. The van der Waals surface area contributed by atoms with E-state index in [1.807, 2.05) is 0 Å². The molecule has 7 heterocycles. The molecule has 0 bridgehead atoms. The van der Waals surface area contributed by atoms with Crippen LogP contribution in [0, 0.1) is 0 Å². The topological polar surface area (TPSA) is 732 Å². The molecule has 0 aromatic heterocycles. The van der Waals surface area contributed by atoms with Crippen molar-refractivity contribution in [3.8, 4) is 0 Å². The highest BCUT2D eigenvalue weighted by atomic mass is 32.3. The number of rotatable bonds is 56. The van der Waals surface area contributed by atoms with Crippen molar-refractivity contribution in [3.63, 3.8) is 0 Å². The van der Waals surface area contributed by atoms with E-state index in [9.17, 15) is 62.2 Å². The molecule has 0 aromatic rings. The Hall–Kier alpha value is -0.880. The van der Waals surface area contributed by atoms with Gasteiger partial charge in [0.15, 0.2) is 106 Å². The van der Waals surface area contributed by atoms with Crippen LogP contribution >= 0.6 is 49.3 Å². The molecule has 0 amide bonds. The molecule has 7 aliphatic heterocycles. The Labute approximate surface area is 718 Å². The van der Waals surface area contributed by atoms with Gasteiger partial charge in [0, 0.05) is 99.0 Å². The maximum atomic E-state index is 13.1. The van der Waals surface area contributed by atoms with E-state index in [4.69, 9.17) is 170 Å². The highest BCUT2D eigenvalue weighted by Crippen LogP contribution is 2.44. The number of hydrogen-bond acceptors (Lipinski definition) is 60. The van der Waals surface area contributed by atoms with Crippen LogP contribution < -0.4 is 5.73 Å². The third kappa shape index (κ3) is 30.6. The Kier molecular flexibility index (Phi) is 47.3. The van der Waals surface area contributed by atoms with E-state index < -0.39 is 295 Å². The zero-order valence-electron chi connectivity index (χ0n) is 66.4. The lowest BCUT2D eigenvalue weighted by molar-refractivity contribution is -0.437. The van der Waals surface area contributed by atoms with Crippen LogP contribution in [0.25, 0.3) is 0 Å². The van der Waals surface area contributed by atoms with Gasteiger partial charge in [-0.05, 0) is 0 Å². The van der Waals surface area contributed by atoms with Crippen molar-refractivity contribution in [2.45, 2.75) is 215 Å². The summed E-state index contributed by atoms with van der Waals surface area (Å²) < 4.78 is 357. The normalized spacial score (nSPS) is 38.8. The van der Waals surface area contributed by atoms with Crippen LogP contribution in [0.15, 0.2) is 0 Å². The summed E-state index contributed by atoms with van der Waals surface area (Å²) in [7, 11) is -5.40. The lowest BCUT2D eigenvalue weighted by Crippen LogP contribution is -2.69. The number of hydrogen-bond donors (Lipinski definition) is 10. The van der Waals surface area contributed by atoms with Crippen LogP contribution in [0.4, 0.5) is 0 Å². The second-order valence-corrected chi connectivity index (χ2v) is 31.9. The molecular formula is C55H99NO59S8. The standard InChI is InChI=1S/C55H99NO59S8/c1-74-15-22-29(37(79-6)44(84-11)51(92-22)99-30-23(16-75-2)93-52(45(85-12)38(30)80-7)100-31-24(17-76-3)94-53(46(86-13)39(31)81-8)101-32-25(18-87-120(62,63)64)90-49(57)42(82-9)35(32)77-4)98-50-43(83-10)36(78-5)28(21(14-56)91-50)97-55-48(107-123(71,72)73)40(104-117-113-109-59)33(26(95-55)19-88-121(65,66)67)102-54-47(106-119-115-111-61)41(105-118-114-110-60)34(103-116-112-108-58)27(96-54)20-89-122(68,69)70/h21-55,57-61H,14-20,56H2,1-13H3,(H,62,63,64)(H,65,66,67)(H,68,69,70)(H,71,72,73)/t21?,22?,23-,24-,25?,26-,27-,28+,29+,30-,31-,32+,33-,34-,35+,36+,37+,38?,39?,40?,41?,42?,43?,44?,45?,46?,47?,48?,49-,50+,51+,52-,53-,54-,55-/m1/s1. The molecule has 123 heavy (non-hydrogen) atoms. The van der Waals surface area contributed by atoms with Gasteiger partial charge in [-0.15, -0.1) is 17.3 Å². The summed E-state index contributed by atoms with van der Waals surface area (Å²) in [6.07, 6.45) is -58.1. The molecule has 0 aromatic carbocycles. The molecule has 60 nitrogen and oxygen atoms in total. The summed E-state index contributed by atoms with van der Waals surface area (Å²) in [6, 6.07) is 0. The fourth-order valence-electron chi connectivity index (χ4n) is 14.2. The Bertz CT molecular complexity index is 3450. The van der Waals surface area contributed by atoms with Gasteiger partial charge < -0.3 is 134 Å². The van der Waals surface area contributed by atoms with Crippen molar-refractivity contribution in [1.29, 1.82) is 0 Å². The first-order chi connectivity index (χ1) is 58.6. The first-order valence-electron chi connectivity index (χ1n) is 35.0. The van der Waals surface area contributed by atoms with Crippen molar-refractivity contribution < 1.29 is 272 Å². The smallest absolute Gasteiger partial charge is 0.382 e. The lowest BCUT2D eigenvalue weighted by atomic mass is 9.94. The maximum Gasteiger partial charge on any atom is 0.397 e. The molecule has 0 radical (unpaired) electrons. The molecule has 68 heteroatoms. The maximum absolute atomic E-state index is 13.1. The van der Waals surface area contributed by atoms with E-state index in [1.54, 1.807) is 0 Å². The van der Waals surface area contributed by atoms with Gasteiger partial charge in [0.05, 0.1) is 39.6 Å². The highest BCUT2D eigenvalue weighted by Gasteiger charge is 2.63. The zero-order chi connectivity index (χ0) is 90.7. The quantitative estimate of drug-likeness (QED) is 0.00903. The summed E-state index contributed by atoms with van der Waals surface area (Å²) in [5, 5.41) is 61.3. The molecule has 726 valence electrons. The SMILES string of the molecule is COCC1O[C@@H](O[C@H]2C(OC)C(OC)[C@@H](O[C@H]3C(OC)C(OC)[C@@H](O[C@H]4C(COS(=O)(=O)O)O[C@@H](O)C(OC)[C@H]4OC)O[C@@H]3COC)O[C@@H]2COC)C(OC)[C@@H](OC)[C@H]1O[C@@H]1OC(CN)[C@H](O[C@H]2O[C@H](COS(=O)(=O)O)[C@@H](O[C@H]3O[C@H](COS(=O)(=O)O)[C@@H](OSOOO)C(OSOOO)C3OSOOO)C(OSOOO)C2OS(=O)(=O)O)[C@H](OC)C1OC. The van der Waals surface area contributed by atoms with Gasteiger partial charge in [-0.25, -0.2) is 37.8 Å². The molecule has 14 unspecified atom stereocenters. The van der Waals surface area contributed by atoms with Crippen molar-refractivity contribution in [2.24, 2.45) is 5.73 Å². The van der Waals surface area contributed by atoms with Crippen LogP contribution in [-0.2, 0) is 236 Å². The summed E-state index contributed by atoms with van der Waals surface area (Å²) in [5.41, 5.74) is 6.44. The monoisotopic (exact) mass is 1970 g/mol. The molecule has 7 saturated heterocycles. The molecule has 7 rings (SSSR count). The van der Waals surface area contributed by atoms with Crippen LogP contribution in [0.3, 0.4) is 0 Å². The molecule has 0 saturated carbocycles. The number of nitrogens with two attached hydrogens (primary N) is 1. The van der Waals surface area contributed by atoms with Gasteiger partial charge in [-0.2, -0.15) is 33.7 Å². The summed E-state index contributed by atoms with van der Waals surface area (Å²) in [6.45, 7) is -5.22. The Morgan fingerprint density at radius 3 is 0.772 bits per heavy atom. The van der Waals surface area contributed by atoms with Crippen LogP contribution in [0.5, 0.6) is 0 Å². The number of aliphatic hydroxyl groups excluding tert-OH is 1. The second kappa shape index (κ2) is 53.3. The highest BCUT2D eigenvalue weighted by molar-refractivity contribution is 7.90. The fourth-order valence-corrected chi connectivity index (χ4v) is 17.1. The molecule has 7 aliphatic rings. The molecule has 11 N–H and O–H groups in total. The van der Waals surface area contributed by atoms with Gasteiger partial charge in [0.2, 0.25) is 0 Å². The van der Waals surface area contributed by atoms with E-state index in [0.717, 1.165) is 14.2 Å². The van der Waals surface area contributed by atoms with Gasteiger partial charge in [-0.1, -0.05) is 20.2 Å². The fraction of sp³-hybridized carbons (Fsp3) is 1.00. The lowest BCUT2D eigenvalue weighted by Gasteiger charge is -2.52. The first kappa shape index (κ1) is 109. The molecule has 7 fully saturated rings. The van der Waals surface area contributed by atoms with E-state index in [2.05, 4.69) is 45.9 Å². The Morgan fingerprint density at radius 2 is 0.496 bits per heavy atom. The van der Waals surface area contributed by atoms with Crippen LogP contribution in [0.2, 0.25) is 0 Å². The average molecular weight is 1970 g/mol. The minimum atomic E-state index is -5.92. The average Bonchev–Trinajstić information content (AvgIpc) is 0.760. The van der Waals surface area contributed by atoms with Crippen LogP contribution in [-0.4, -0.2) is 432 Å². The number of methoxy groups -OCH3 is 13. The summed E-state index contributed by atoms with van der Waals surface area (Å²) >= 11 is -1.25. The minimum Gasteiger partial charge on any atom is -0.382 e. The predicted octanol–water partition coefficient (Wildman–Crippen LogP) is -4.46. The Balaban J connectivity index is 1.19. The van der Waals surface area contributed by atoms with Gasteiger partial charge in [-0.3, -0.25) is 34.9 Å². The largest absolute Gasteiger partial charge is 0.397 e. The zero-order valence-corrected chi connectivity index (χ0v) is 73.0. The van der Waals surface area contributed by atoms with Gasteiger partial charge >= 0.3 is 41.6 Å². The second-order valence-electron chi connectivity index (χ2n) is 25.7. The van der Waals surface area contributed by atoms with Gasteiger partial charge in [0.1, 0.15) is 159 Å². The van der Waals surface area contributed by atoms with Crippen molar-refractivity contribution in [3.05, 3.63) is 0 Å². The number of ether oxygens (including phenoxy) is 26. The predicted molar refractivity (Wildman–Crippen MR) is 383 cm³/mol. The number of aliphatic hydroxyl groups is 1. The van der Waals surface area contributed by atoms with E-state index >= 15 is 0 Å². The Morgan fingerprint density at radius 1 is 0.268 bits per heavy atom. The van der Waals surface area contributed by atoms with E-state index in [1.165, 1.54) is 78.2 Å². The summed E-state index contributed by atoms with van der Waals surface area (Å²) in [5.74, 6) is 0. The van der Waals surface area contributed by atoms with Gasteiger partial charge in [0.25, 0.3) is 0 Å². The van der Waals surface area contributed by atoms with E-state index in [-0.39, 0.29) is 56.8 Å².